The van der Waals surface area contributed by atoms with Crippen LogP contribution in [0.5, 0.6) is 5.75 Å². The van der Waals surface area contributed by atoms with Crippen LogP contribution in [-0.2, 0) is 6.42 Å². The molecule has 1 unspecified atom stereocenters. The number of ether oxygens (including phenoxy) is 1. The fourth-order valence-corrected chi connectivity index (χ4v) is 4.74. The maximum atomic E-state index is 13.8. The molecule has 2 aliphatic heterocycles. The zero-order valence-corrected chi connectivity index (χ0v) is 19.5. The van der Waals surface area contributed by atoms with E-state index in [1.54, 1.807) is 17.2 Å². The van der Waals surface area contributed by atoms with Crippen LogP contribution in [0.3, 0.4) is 0 Å². The van der Waals surface area contributed by atoms with E-state index in [-0.39, 0.29) is 17.9 Å². The molecule has 9 nitrogen and oxygen atoms in total. The van der Waals surface area contributed by atoms with E-state index in [1.807, 2.05) is 4.90 Å². The molecule has 5 rings (SSSR count). The zero-order chi connectivity index (χ0) is 26.4. The molecule has 0 saturated carbocycles. The van der Waals surface area contributed by atoms with Crippen LogP contribution < -0.4 is 15.0 Å². The summed E-state index contributed by atoms with van der Waals surface area (Å²) in [6, 6.07) is 4.57. The Morgan fingerprint density at radius 1 is 1.16 bits per heavy atom. The minimum absolute atomic E-state index is 0.0333. The first kappa shape index (κ1) is 25.4. The van der Waals surface area contributed by atoms with Gasteiger partial charge in [-0.15, -0.1) is 0 Å². The van der Waals surface area contributed by atoms with E-state index in [4.69, 9.17) is 4.74 Å². The number of piperazine rings is 1. The normalized spacial score (nSPS) is 21.4. The monoisotopic (exact) mass is 528 g/mol. The molecule has 1 saturated heterocycles. The van der Waals surface area contributed by atoms with Crippen molar-refractivity contribution in [2.45, 2.75) is 30.9 Å². The molecule has 0 radical (unpaired) electrons. The number of alkyl halides is 5. The Balaban J connectivity index is 1.48. The number of rotatable bonds is 7. The average molecular weight is 528 g/mol. The smallest absolute Gasteiger partial charge is 0.430 e. The predicted octanol–water partition coefficient (Wildman–Crippen LogP) is 2.45. The molecule has 2 aliphatic rings. The van der Waals surface area contributed by atoms with Gasteiger partial charge in [-0.3, -0.25) is 4.90 Å². The van der Waals surface area contributed by atoms with E-state index >= 15 is 0 Å². The molecule has 2 aromatic heterocycles. The lowest BCUT2D eigenvalue weighted by molar-refractivity contribution is -0.252. The highest BCUT2D eigenvalue weighted by Crippen LogP contribution is 2.48. The van der Waals surface area contributed by atoms with Crippen LogP contribution in [0, 0.1) is 0 Å². The van der Waals surface area contributed by atoms with Gasteiger partial charge < -0.3 is 25.2 Å². The van der Waals surface area contributed by atoms with Crippen LogP contribution >= 0.6 is 0 Å². The van der Waals surface area contributed by atoms with E-state index in [0.29, 0.717) is 48.8 Å². The maximum Gasteiger partial charge on any atom is 0.430 e. The molecule has 0 bridgehead atoms. The minimum atomic E-state index is -4.82. The number of nitrogens with one attached hydrogen (secondary N) is 1. The van der Waals surface area contributed by atoms with Crippen molar-refractivity contribution in [3.05, 3.63) is 47.9 Å². The van der Waals surface area contributed by atoms with Gasteiger partial charge in [-0.25, -0.2) is 18.3 Å². The first-order valence-corrected chi connectivity index (χ1v) is 11.6. The van der Waals surface area contributed by atoms with Gasteiger partial charge >= 0.3 is 6.18 Å². The quantitative estimate of drug-likeness (QED) is 0.318. The van der Waals surface area contributed by atoms with Crippen LogP contribution in [0.2, 0.25) is 0 Å². The van der Waals surface area contributed by atoms with Crippen molar-refractivity contribution in [2.24, 2.45) is 0 Å². The summed E-state index contributed by atoms with van der Waals surface area (Å²) in [7, 11) is 0. The van der Waals surface area contributed by atoms with Crippen molar-refractivity contribution in [1.82, 2.24) is 19.5 Å². The van der Waals surface area contributed by atoms with E-state index < -0.39 is 37.5 Å². The fraction of sp³-hybridized carbons (Fsp3) is 0.478. The molecule has 37 heavy (non-hydrogen) atoms. The van der Waals surface area contributed by atoms with Crippen LogP contribution in [0.25, 0.3) is 5.65 Å². The van der Waals surface area contributed by atoms with E-state index in [0.717, 1.165) is 0 Å². The Morgan fingerprint density at radius 3 is 2.59 bits per heavy atom. The Hall–Kier alpha value is -3.23. The number of benzene rings is 1. The van der Waals surface area contributed by atoms with Gasteiger partial charge in [-0.2, -0.15) is 18.3 Å². The molecular formula is C23H25F5N6O3. The number of aliphatic hydroxyl groups excluding tert-OH is 2. The topological polar surface area (TPSA) is 98.4 Å². The van der Waals surface area contributed by atoms with Crippen molar-refractivity contribution in [2.75, 3.05) is 49.5 Å². The van der Waals surface area contributed by atoms with Gasteiger partial charge in [0, 0.05) is 56.6 Å². The Morgan fingerprint density at radius 2 is 1.92 bits per heavy atom. The van der Waals surface area contributed by atoms with Crippen molar-refractivity contribution in [3.63, 3.8) is 0 Å². The lowest BCUT2D eigenvalue weighted by Crippen LogP contribution is -2.52. The van der Waals surface area contributed by atoms with Crippen molar-refractivity contribution < 1.29 is 36.9 Å². The number of aromatic nitrogens is 3. The second-order valence-corrected chi connectivity index (χ2v) is 9.12. The van der Waals surface area contributed by atoms with Gasteiger partial charge in [0.25, 0.3) is 6.43 Å². The molecule has 3 N–H and O–H groups in total. The van der Waals surface area contributed by atoms with Crippen LogP contribution in [0.1, 0.15) is 17.4 Å². The number of fused-ring (bicyclic) bond motifs is 2. The molecule has 4 heterocycles. The largest absolute Gasteiger partial charge is 0.475 e. The molecule has 0 spiro atoms. The number of hydrogen-bond donors (Lipinski definition) is 3. The first-order valence-electron chi connectivity index (χ1n) is 11.6. The first-order chi connectivity index (χ1) is 17.6. The van der Waals surface area contributed by atoms with Crippen LogP contribution in [-0.4, -0.2) is 87.2 Å². The molecule has 0 amide bonds. The third-order valence-corrected chi connectivity index (χ3v) is 6.73. The lowest BCUT2D eigenvalue weighted by Gasteiger charge is -2.37. The third-order valence-electron chi connectivity index (χ3n) is 6.73. The number of nitrogens with zero attached hydrogens (tertiary/aromatic N) is 5. The molecule has 14 heteroatoms. The highest BCUT2D eigenvalue weighted by Gasteiger charge is 2.60. The van der Waals surface area contributed by atoms with Crippen LogP contribution in [0.15, 0.2) is 36.8 Å². The van der Waals surface area contributed by atoms with Crippen LogP contribution in [0.4, 0.5) is 33.3 Å². The molecule has 2 atom stereocenters. The number of anilines is 2. The van der Waals surface area contributed by atoms with E-state index in [2.05, 4.69) is 15.4 Å². The van der Waals surface area contributed by atoms with E-state index in [1.165, 1.54) is 29.0 Å². The number of aliphatic hydroxyl groups is 2. The average Bonchev–Trinajstić information content (AvgIpc) is 3.45. The molecule has 1 aromatic carbocycles. The van der Waals surface area contributed by atoms with Crippen molar-refractivity contribution in [1.29, 1.82) is 0 Å². The summed E-state index contributed by atoms with van der Waals surface area (Å²) in [5, 5.41) is 27.7. The number of hydrogen-bond acceptors (Lipinski definition) is 8. The summed E-state index contributed by atoms with van der Waals surface area (Å²) in [6.45, 7) is -0.307. The third kappa shape index (κ3) is 4.76. The van der Waals surface area contributed by atoms with Gasteiger partial charge in [0.1, 0.15) is 5.75 Å². The Bertz CT molecular complexity index is 1260. The summed E-state index contributed by atoms with van der Waals surface area (Å²) in [6.07, 6.45) is -4.58. The molecule has 200 valence electrons. The van der Waals surface area contributed by atoms with E-state index in [9.17, 15) is 32.2 Å². The minimum Gasteiger partial charge on any atom is -0.475 e. The highest BCUT2D eigenvalue weighted by atomic mass is 19.4. The van der Waals surface area contributed by atoms with Crippen molar-refractivity contribution >= 4 is 17.0 Å². The van der Waals surface area contributed by atoms with Gasteiger partial charge in [0.2, 0.25) is 5.60 Å². The number of halogens is 5. The standard InChI is InChI=1S/C23H25F5N6O3/c24-19(25)12-32-4-6-33(7-5-32)17-9-18-14(10-22(13-35,37-18)23(26,27)28)8-16(17)31-21(36)15-11-30-34-3-1-2-29-20(15)34/h1-3,8-9,11,19,21,31,35-36H,4-7,10,12-13H2/t21?,22-/m1/s1. The van der Waals surface area contributed by atoms with Gasteiger partial charge in [0.05, 0.1) is 36.3 Å². The second kappa shape index (κ2) is 9.58. The molecule has 1 fully saturated rings. The zero-order valence-electron chi connectivity index (χ0n) is 19.5. The summed E-state index contributed by atoms with van der Waals surface area (Å²) in [4.78, 5) is 7.66. The predicted molar refractivity (Wildman–Crippen MR) is 123 cm³/mol. The SMILES string of the molecule is OC[C@@]1(C(F)(F)F)Cc2cc(NC(O)c3cnn4cccnc34)c(N3CCN(CC(F)F)CC3)cc2O1. The molecule has 0 aliphatic carbocycles. The van der Waals surface area contributed by atoms with Gasteiger partial charge in [0.15, 0.2) is 11.9 Å². The summed E-state index contributed by atoms with van der Waals surface area (Å²) in [5.41, 5.74) is -1.06. The van der Waals surface area contributed by atoms with Gasteiger partial charge in [-0.05, 0) is 12.1 Å². The lowest BCUT2D eigenvalue weighted by atomic mass is 9.96. The maximum absolute atomic E-state index is 13.8. The Labute approximate surface area is 208 Å². The summed E-state index contributed by atoms with van der Waals surface area (Å²) in [5.74, 6) is -0.0333. The highest BCUT2D eigenvalue weighted by molar-refractivity contribution is 5.75. The Kier molecular flexibility index (Phi) is 6.58. The fourth-order valence-electron chi connectivity index (χ4n) is 4.74. The second-order valence-electron chi connectivity index (χ2n) is 9.12. The van der Waals surface area contributed by atoms with Crippen molar-refractivity contribution in [3.8, 4) is 5.75 Å². The summed E-state index contributed by atoms with van der Waals surface area (Å²) < 4.78 is 73.8. The molecular weight excluding hydrogens is 503 g/mol. The molecule has 3 aromatic rings. The van der Waals surface area contributed by atoms with Gasteiger partial charge in [-0.1, -0.05) is 0 Å². The summed E-state index contributed by atoms with van der Waals surface area (Å²) >= 11 is 0.